The quantitative estimate of drug-likeness (QED) is 0.870. The van der Waals surface area contributed by atoms with Crippen molar-refractivity contribution in [1.29, 1.82) is 0 Å². The highest BCUT2D eigenvalue weighted by Crippen LogP contribution is 2.31. The van der Waals surface area contributed by atoms with E-state index < -0.39 is 0 Å². The van der Waals surface area contributed by atoms with Crippen molar-refractivity contribution in [3.8, 4) is 11.3 Å². The van der Waals surface area contributed by atoms with Gasteiger partial charge in [-0.2, -0.15) is 0 Å². The van der Waals surface area contributed by atoms with Gasteiger partial charge in [-0.15, -0.1) is 0 Å². The van der Waals surface area contributed by atoms with Crippen molar-refractivity contribution in [3.63, 3.8) is 0 Å². The SMILES string of the molecule is CC1(CCNc2ncc(Cl)c(-c3ccccc3)n2)CCNCC1. The smallest absolute Gasteiger partial charge is 0.223 e. The minimum Gasteiger partial charge on any atom is -0.354 e. The van der Waals surface area contributed by atoms with Gasteiger partial charge in [-0.3, -0.25) is 0 Å². The Hall–Kier alpha value is -1.65. The Bertz CT molecular complexity index is 639. The molecule has 2 aromatic rings. The van der Waals surface area contributed by atoms with Gasteiger partial charge in [0.25, 0.3) is 0 Å². The van der Waals surface area contributed by atoms with Gasteiger partial charge < -0.3 is 10.6 Å². The van der Waals surface area contributed by atoms with Crippen molar-refractivity contribution >= 4 is 17.5 Å². The normalized spacial score (nSPS) is 17.0. The Morgan fingerprint density at radius 2 is 1.96 bits per heavy atom. The lowest BCUT2D eigenvalue weighted by molar-refractivity contribution is 0.218. The van der Waals surface area contributed by atoms with Gasteiger partial charge in [-0.05, 0) is 37.8 Å². The molecule has 1 aliphatic rings. The van der Waals surface area contributed by atoms with E-state index in [4.69, 9.17) is 11.6 Å². The second-order valence-corrected chi connectivity index (χ2v) is 6.90. The van der Waals surface area contributed by atoms with Crippen LogP contribution in [0.1, 0.15) is 26.2 Å². The molecule has 0 bridgehead atoms. The van der Waals surface area contributed by atoms with E-state index in [1.54, 1.807) is 6.20 Å². The molecule has 0 amide bonds. The van der Waals surface area contributed by atoms with E-state index in [0.29, 0.717) is 16.4 Å². The van der Waals surface area contributed by atoms with Gasteiger partial charge in [0.15, 0.2) is 0 Å². The molecule has 0 spiro atoms. The predicted octanol–water partition coefficient (Wildman–Crippen LogP) is 3.99. The molecule has 1 fully saturated rings. The molecule has 23 heavy (non-hydrogen) atoms. The van der Waals surface area contributed by atoms with E-state index >= 15 is 0 Å². The van der Waals surface area contributed by atoms with Crippen LogP contribution >= 0.6 is 11.6 Å². The highest BCUT2D eigenvalue weighted by molar-refractivity contribution is 6.32. The number of piperidine rings is 1. The summed E-state index contributed by atoms with van der Waals surface area (Å²) in [5.41, 5.74) is 2.19. The number of nitrogens with zero attached hydrogens (tertiary/aromatic N) is 2. The molecular formula is C18H23ClN4. The minimum atomic E-state index is 0.410. The first-order valence-corrected chi connectivity index (χ1v) is 8.57. The fraction of sp³-hybridized carbons (Fsp3) is 0.444. The van der Waals surface area contributed by atoms with Crippen LogP contribution in [0.4, 0.5) is 5.95 Å². The molecular weight excluding hydrogens is 308 g/mol. The van der Waals surface area contributed by atoms with E-state index in [1.807, 2.05) is 30.3 Å². The Balaban J connectivity index is 1.65. The molecule has 2 N–H and O–H groups in total. The van der Waals surface area contributed by atoms with Crippen LogP contribution in [0.3, 0.4) is 0 Å². The predicted molar refractivity (Wildman–Crippen MR) is 95.8 cm³/mol. The lowest BCUT2D eigenvalue weighted by Crippen LogP contribution is -2.35. The van der Waals surface area contributed by atoms with Crippen LogP contribution in [-0.4, -0.2) is 29.6 Å². The Morgan fingerprint density at radius 1 is 1.22 bits per heavy atom. The third-order valence-corrected chi connectivity index (χ3v) is 4.89. The van der Waals surface area contributed by atoms with Crippen molar-refractivity contribution in [3.05, 3.63) is 41.6 Å². The number of anilines is 1. The van der Waals surface area contributed by atoms with Crippen LogP contribution in [-0.2, 0) is 0 Å². The van der Waals surface area contributed by atoms with E-state index in [2.05, 4.69) is 27.5 Å². The third-order valence-electron chi connectivity index (χ3n) is 4.61. The first-order valence-electron chi connectivity index (χ1n) is 8.19. The minimum absolute atomic E-state index is 0.410. The number of halogens is 1. The number of rotatable bonds is 5. The molecule has 1 aromatic heterocycles. The van der Waals surface area contributed by atoms with E-state index in [0.717, 1.165) is 37.3 Å². The summed E-state index contributed by atoms with van der Waals surface area (Å²) in [5.74, 6) is 0.644. The van der Waals surface area contributed by atoms with E-state index in [1.165, 1.54) is 12.8 Å². The standard InChI is InChI=1S/C18H23ClN4/c1-18(7-10-20-11-8-18)9-12-21-17-22-13-15(19)16(23-17)14-5-3-2-4-6-14/h2-6,13,20H,7-12H2,1H3,(H,21,22,23). The fourth-order valence-corrected chi connectivity index (χ4v) is 3.21. The van der Waals surface area contributed by atoms with E-state index in [-0.39, 0.29) is 0 Å². The maximum atomic E-state index is 6.25. The average Bonchev–Trinajstić information content (AvgIpc) is 2.58. The zero-order valence-electron chi connectivity index (χ0n) is 13.5. The van der Waals surface area contributed by atoms with E-state index in [9.17, 15) is 0 Å². The number of aromatic nitrogens is 2. The summed E-state index contributed by atoms with van der Waals surface area (Å²) < 4.78 is 0. The molecule has 0 radical (unpaired) electrons. The molecule has 0 saturated carbocycles. The lowest BCUT2D eigenvalue weighted by Gasteiger charge is -2.34. The summed E-state index contributed by atoms with van der Waals surface area (Å²) in [7, 11) is 0. The van der Waals surface area contributed by atoms with Crippen LogP contribution in [0, 0.1) is 5.41 Å². The number of nitrogens with one attached hydrogen (secondary N) is 2. The van der Waals surface area contributed by atoms with Crippen LogP contribution in [0.5, 0.6) is 0 Å². The Labute approximate surface area is 142 Å². The molecule has 1 aliphatic heterocycles. The molecule has 0 unspecified atom stereocenters. The van der Waals surface area contributed by atoms with Gasteiger partial charge in [-0.1, -0.05) is 48.9 Å². The molecule has 2 heterocycles. The van der Waals surface area contributed by atoms with Crippen molar-refractivity contribution < 1.29 is 0 Å². The monoisotopic (exact) mass is 330 g/mol. The molecule has 5 heteroatoms. The van der Waals surface area contributed by atoms with Gasteiger partial charge in [-0.25, -0.2) is 9.97 Å². The molecule has 1 aromatic carbocycles. The van der Waals surface area contributed by atoms with Crippen molar-refractivity contribution in [2.45, 2.75) is 26.2 Å². The highest BCUT2D eigenvalue weighted by Gasteiger charge is 2.25. The van der Waals surface area contributed by atoms with Crippen molar-refractivity contribution in [2.24, 2.45) is 5.41 Å². The zero-order valence-corrected chi connectivity index (χ0v) is 14.2. The fourth-order valence-electron chi connectivity index (χ4n) is 3.01. The Kier molecular flexibility index (Phi) is 5.13. The summed E-state index contributed by atoms with van der Waals surface area (Å²) in [6, 6.07) is 9.97. The average molecular weight is 331 g/mol. The molecule has 4 nitrogen and oxygen atoms in total. The highest BCUT2D eigenvalue weighted by atomic mass is 35.5. The molecule has 1 saturated heterocycles. The molecule has 122 valence electrons. The maximum absolute atomic E-state index is 6.25. The summed E-state index contributed by atoms with van der Waals surface area (Å²) in [5, 5.41) is 7.35. The lowest BCUT2D eigenvalue weighted by atomic mass is 9.78. The number of benzene rings is 1. The van der Waals surface area contributed by atoms with Crippen LogP contribution in [0.2, 0.25) is 5.02 Å². The van der Waals surface area contributed by atoms with Gasteiger partial charge in [0.05, 0.1) is 16.9 Å². The maximum Gasteiger partial charge on any atom is 0.223 e. The largest absolute Gasteiger partial charge is 0.354 e. The molecule has 0 aliphatic carbocycles. The summed E-state index contributed by atoms with van der Waals surface area (Å²) >= 11 is 6.25. The van der Waals surface area contributed by atoms with Crippen LogP contribution < -0.4 is 10.6 Å². The number of hydrogen-bond acceptors (Lipinski definition) is 4. The topological polar surface area (TPSA) is 49.8 Å². The van der Waals surface area contributed by atoms with Gasteiger partial charge >= 0.3 is 0 Å². The summed E-state index contributed by atoms with van der Waals surface area (Å²) in [4.78, 5) is 8.88. The summed E-state index contributed by atoms with van der Waals surface area (Å²) in [6.07, 6.45) is 5.25. The summed E-state index contributed by atoms with van der Waals surface area (Å²) in [6.45, 7) is 5.48. The third kappa shape index (κ3) is 4.21. The van der Waals surface area contributed by atoms with Crippen LogP contribution in [0.15, 0.2) is 36.5 Å². The van der Waals surface area contributed by atoms with Gasteiger partial charge in [0.1, 0.15) is 0 Å². The first kappa shape index (κ1) is 16.2. The van der Waals surface area contributed by atoms with Crippen LogP contribution in [0.25, 0.3) is 11.3 Å². The molecule has 3 rings (SSSR count). The van der Waals surface area contributed by atoms with Gasteiger partial charge in [0, 0.05) is 12.1 Å². The molecule has 0 atom stereocenters. The zero-order chi connectivity index (χ0) is 16.1. The number of hydrogen-bond donors (Lipinski definition) is 2. The second kappa shape index (κ2) is 7.28. The van der Waals surface area contributed by atoms with Crippen molar-refractivity contribution in [2.75, 3.05) is 25.0 Å². The van der Waals surface area contributed by atoms with Crippen molar-refractivity contribution in [1.82, 2.24) is 15.3 Å². The first-order chi connectivity index (χ1) is 11.2. The second-order valence-electron chi connectivity index (χ2n) is 6.49. The van der Waals surface area contributed by atoms with Gasteiger partial charge in [0.2, 0.25) is 5.95 Å². The Morgan fingerprint density at radius 3 is 2.70 bits per heavy atom.